The molecule has 2 aromatic heterocycles. The van der Waals surface area contributed by atoms with E-state index in [1.807, 2.05) is 0 Å². The summed E-state index contributed by atoms with van der Waals surface area (Å²) in [6, 6.07) is 10.8. The lowest BCUT2D eigenvalue weighted by molar-refractivity contribution is 0.659. The van der Waals surface area contributed by atoms with Gasteiger partial charge >= 0.3 is 0 Å². The molecule has 2 heterocycles. The second-order valence-corrected chi connectivity index (χ2v) is 5.83. The van der Waals surface area contributed by atoms with Crippen molar-refractivity contribution in [2.45, 2.75) is 19.9 Å². The van der Waals surface area contributed by atoms with Crippen LogP contribution in [0.5, 0.6) is 0 Å². The zero-order chi connectivity index (χ0) is 12.7. The van der Waals surface area contributed by atoms with Gasteiger partial charge in [0.05, 0.1) is 17.1 Å². The molecule has 92 valence electrons. The highest BCUT2D eigenvalue weighted by Crippen LogP contribution is 2.28. The van der Waals surface area contributed by atoms with E-state index in [1.165, 1.54) is 16.0 Å². The number of hydrogen-bond donors (Lipinski definition) is 1. The summed E-state index contributed by atoms with van der Waals surface area (Å²) >= 11 is 7.25. The summed E-state index contributed by atoms with van der Waals surface area (Å²) in [4.78, 5) is 4.62. The Hall–Kier alpha value is -1.39. The van der Waals surface area contributed by atoms with Crippen LogP contribution in [-0.4, -0.2) is 9.55 Å². The van der Waals surface area contributed by atoms with Gasteiger partial charge in [0, 0.05) is 4.88 Å². The van der Waals surface area contributed by atoms with Gasteiger partial charge in [0.15, 0.2) is 4.77 Å². The fourth-order valence-corrected chi connectivity index (χ4v) is 3.52. The maximum absolute atomic E-state index is 5.47. The van der Waals surface area contributed by atoms with Gasteiger partial charge in [0.1, 0.15) is 0 Å². The van der Waals surface area contributed by atoms with Crippen LogP contribution in [0.4, 0.5) is 0 Å². The fraction of sp³-hybridized carbons (Fsp3) is 0.214. The van der Waals surface area contributed by atoms with Gasteiger partial charge in [-0.1, -0.05) is 18.2 Å². The van der Waals surface area contributed by atoms with Gasteiger partial charge in [0.2, 0.25) is 0 Å². The Morgan fingerprint density at radius 3 is 2.83 bits per heavy atom. The maximum atomic E-state index is 5.47. The lowest BCUT2D eigenvalue weighted by Gasteiger charge is -2.14. The average Bonchev–Trinajstić information content (AvgIpc) is 2.95. The van der Waals surface area contributed by atoms with Gasteiger partial charge in [0.25, 0.3) is 0 Å². The molecule has 0 saturated heterocycles. The highest BCUT2D eigenvalue weighted by atomic mass is 32.1. The average molecular weight is 274 g/mol. The molecule has 1 unspecified atom stereocenters. The van der Waals surface area contributed by atoms with Crippen molar-refractivity contribution < 1.29 is 0 Å². The molecular weight excluding hydrogens is 260 g/mol. The number of hydrogen-bond acceptors (Lipinski definition) is 2. The van der Waals surface area contributed by atoms with Crippen molar-refractivity contribution in [1.82, 2.24) is 9.55 Å². The first-order valence-electron chi connectivity index (χ1n) is 5.91. The molecule has 2 nitrogen and oxygen atoms in total. The third-order valence-electron chi connectivity index (χ3n) is 3.28. The van der Waals surface area contributed by atoms with Gasteiger partial charge < -0.3 is 9.55 Å². The number of nitrogens with zero attached hydrogens (tertiary/aromatic N) is 1. The first kappa shape index (κ1) is 11.7. The van der Waals surface area contributed by atoms with E-state index in [2.05, 4.69) is 59.1 Å². The summed E-state index contributed by atoms with van der Waals surface area (Å²) in [5.41, 5.74) is 3.58. The van der Waals surface area contributed by atoms with Gasteiger partial charge in [-0.2, -0.15) is 0 Å². The Kier molecular flexibility index (Phi) is 2.84. The highest BCUT2D eigenvalue weighted by Gasteiger charge is 2.14. The molecule has 0 saturated carbocycles. The van der Waals surface area contributed by atoms with Crippen molar-refractivity contribution in [1.29, 1.82) is 0 Å². The highest BCUT2D eigenvalue weighted by molar-refractivity contribution is 7.71. The van der Waals surface area contributed by atoms with E-state index in [4.69, 9.17) is 12.2 Å². The maximum Gasteiger partial charge on any atom is 0.178 e. The summed E-state index contributed by atoms with van der Waals surface area (Å²) < 4.78 is 3.01. The van der Waals surface area contributed by atoms with E-state index >= 15 is 0 Å². The molecule has 0 spiro atoms. The first-order chi connectivity index (χ1) is 8.68. The van der Waals surface area contributed by atoms with Crippen molar-refractivity contribution >= 4 is 34.6 Å². The van der Waals surface area contributed by atoms with Gasteiger partial charge in [-0.25, -0.2) is 0 Å². The third-order valence-corrected chi connectivity index (χ3v) is 4.62. The number of nitrogens with one attached hydrogen (secondary N) is 1. The Morgan fingerprint density at radius 2 is 2.11 bits per heavy atom. The van der Waals surface area contributed by atoms with E-state index in [0.717, 1.165) is 10.3 Å². The largest absolute Gasteiger partial charge is 0.331 e. The quantitative estimate of drug-likeness (QED) is 0.673. The Bertz CT molecular complexity index is 735. The van der Waals surface area contributed by atoms with E-state index in [1.54, 1.807) is 11.3 Å². The second kappa shape index (κ2) is 4.37. The number of aromatic amines is 1. The van der Waals surface area contributed by atoms with Crippen LogP contribution in [0.25, 0.3) is 11.0 Å². The predicted octanol–water partition coefficient (Wildman–Crippen LogP) is 4.68. The number of benzene rings is 1. The Morgan fingerprint density at radius 1 is 1.28 bits per heavy atom. The number of para-hydroxylation sites is 1. The van der Waals surface area contributed by atoms with Crippen molar-refractivity contribution in [3.8, 4) is 0 Å². The van der Waals surface area contributed by atoms with E-state index < -0.39 is 0 Å². The van der Waals surface area contributed by atoms with Crippen LogP contribution in [0.3, 0.4) is 0 Å². The van der Waals surface area contributed by atoms with Crippen molar-refractivity contribution in [3.05, 3.63) is 50.9 Å². The minimum atomic E-state index is 0.271. The van der Waals surface area contributed by atoms with Crippen LogP contribution in [0, 0.1) is 11.7 Å². The second-order valence-electron chi connectivity index (χ2n) is 4.46. The monoisotopic (exact) mass is 274 g/mol. The molecule has 1 atom stereocenters. The zero-order valence-corrected chi connectivity index (χ0v) is 11.9. The van der Waals surface area contributed by atoms with Crippen LogP contribution in [0.2, 0.25) is 0 Å². The molecule has 0 radical (unpaired) electrons. The van der Waals surface area contributed by atoms with Gasteiger partial charge in [-0.15, -0.1) is 11.3 Å². The molecule has 0 aliphatic rings. The zero-order valence-electron chi connectivity index (χ0n) is 10.3. The van der Waals surface area contributed by atoms with Crippen LogP contribution >= 0.6 is 23.6 Å². The normalized spacial score (nSPS) is 13.0. The number of fused-ring (bicyclic) bond motifs is 1. The number of thiophene rings is 1. The lowest BCUT2D eigenvalue weighted by Crippen LogP contribution is -2.05. The van der Waals surface area contributed by atoms with Gasteiger partial charge in [-0.05, 0) is 49.1 Å². The minimum Gasteiger partial charge on any atom is -0.331 e. The molecule has 18 heavy (non-hydrogen) atoms. The van der Waals surface area contributed by atoms with Crippen molar-refractivity contribution in [3.63, 3.8) is 0 Å². The molecule has 3 aromatic rings. The summed E-state index contributed by atoms with van der Waals surface area (Å²) in [6.45, 7) is 4.32. The Labute approximate surface area is 115 Å². The van der Waals surface area contributed by atoms with Crippen LogP contribution in [0.1, 0.15) is 23.4 Å². The molecule has 1 aromatic carbocycles. The van der Waals surface area contributed by atoms with Crippen molar-refractivity contribution in [2.24, 2.45) is 0 Å². The molecule has 4 heteroatoms. The number of rotatable bonds is 2. The molecule has 0 amide bonds. The number of H-pyrrole nitrogens is 1. The van der Waals surface area contributed by atoms with Crippen LogP contribution in [-0.2, 0) is 0 Å². The first-order valence-corrected chi connectivity index (χ1v) is 7.20. The standard InChI is InChI=1S/C14H14N2S2/c1-9-5-3-6-11-13(9)16(14(17)15-11)10(2)12-7-4-8-18-12/h3-8,10H,1-2H3,(H,15,17). The topological polar surface area (TPSA) is 20.7 Å². The number of imidazole rings is 1. The third kappa shape index (κ3) is 1.72. The summed E-state index contributed by atoms with van der Waals surface area (Å²) in [5.74, 6) is 0. The molecule has 0 fully saturated rings. The fourth-order valence-electron chi connectivity index (χ4n) is 2.38. The van der Waals surface area contributed by atoms with Gasteiger partial charge in [-0.3, -0.25) is 0 Å². The summed E-state index contributed by atoms with van der Waals surface area (Å²) in [6.07, 6.45) is 0. The number of aryl methyl sites for hydroxylation is 1. The van der Waals surface area contributed by atoms with E-state index in [-0.39, 0.29) is 6.04 Å². The van der Waals surface area contributed by atoms with Crippen molar-refractivity contribution in [2.75, 3.05) is 0 Å². The van der Waals surface area contributed by atoms with Crippen LogP contribution in [0.15, 0.2) is 35.7 Å². The van der Waals surface area contributed by atoms with E-state index in [9.17, 15) is 0 Å². The molecule has 0 aliphatic heterocycles. The molecular formula is C14H14N2S2. The molecule has 0 aliphatic carbocycles. The summed E-state index contributed by atoms with van der Waals surface area (Å²) in [5, 5.41) is 2.11. The minimum absolute atomic E-state index is 0.271. The predicted molar refractivity (Wildman–Crippen MR) is 80.0 cm³/mol. The summed E-state index contributed by atoms with van der Waals surface area (Å²) in [7, 11) is 0. The molecule has 1 N–H and O–H groups in total. The number of aromatic nitrogens is 2. The Balaban J connectivity index is 2.29. The smallest absolute Gasteiger partial charge is 0.178 e. The van der Waals surface area contributed by atoms with Crippen LogP contribution < -0.4 is 0 Å². The molecule has 0 bridgehead atoms. The lowest BCUT2D eigenvalue weighted by atomic mass is 10.2. The SMILES string of the molecule is Cc1cccc2[nH]c(=S)n(C(C)c3cccs3)c12. The molecule has 3 rings (SSSR count). The van der Waals surface area contributed by atoms with E-state index in [0.29, 0.717) is 0 Å².